The lowest BCUT2D eigenvalue weighted by atomic mass is 10.1. The second kappa shape index (κ2) is 8.38. The number of fused-ring (bicyclic) bond motifs is 1. The summed E-state index contributed by atoms with van der Waals surface area (Å²) in [6.45, 7) is 6.27. The van der Waals surface area contributed by atoms with E-state index in [4.69, 9.17) is 9.84 Å². The molecule has 1 unspecified atom stereocenters. The SMILES string of the molecule is CCCn1c(=O)c2[nH]c(-c3ccc(OC(C)C(=O)O)cc3)cc2n(CCC)c1=O. The van der Waals surface area contributed by atoms with Gasteiger partial charge in [-0.25, -0.2) is 9.59 Å². The van der Waals surface area contributed by atoms with Crippen LogP contribution in [0.4, 0.5) is 0 Å². The first kappa shape index (κ1) is 20.4. The van der Waals surface area contributed by atoms with E-state index in [9.17, 15) is 14.4 Å². The zero-order valence-electron chi connectivity index (χ0n) is 16.8. The molecule has 8 nitrogen and oxygen atoms in total. The highest BCUT2D eigenvalue weighted by Gasteiger charge is 2.16. The third kappa shape index (κ3) is 3.96. The number of aromatic nitrogens is 3. The van der Waals surface area contributed by atoms with E-state index < -0.39 is 12.1 Å². The lowest BCUT2D eigenvalue weighted by Crippen LogP contribution is -2.39. The van der Waals surface area contributed by atoms with Crippen LogP contribution < -0.4 is 16.0 Å². The van der Waals surface area contributed by atoms with Crippen LogP contribution in [0.5, 0.6) is 5.75 Å². The number of rotatable bonds is 8. The van der Waals surface area contributed by atoms with Gasteiger partial charge in [-0.05, 0) is 55.7 Å². The fraction of sp³-hybridized carbons (Fsp3) is 0.381. The summed E-state index contributed by atoms with van der Waals surface area (Å²) in [5.41, 5.74) is 1.89. The van der Waals surface area contributed by atoms with Crippen LogP contribution in [0.15, 0.2) is 39.9 Å². The first-order valence-corrected chi connectivity index (χ1v) is 9.73. The van der Waals surface area contributed by atoms with Crippen LogP contribution in [-0.2, 0) is 17.9 Å². The molecule has 3 rings (SSSR count). The molecule has 0 amide bonds. The Hall–Kier alpha value is -3.29. The van der Waals surface area contributed by atoms with E-state index in [0.29, 0.717) is 42.0 Å². The van der Waals surface area contributed by atoms with E-state index >= 15 is 0 Å². The Bertz CT molecular complexity index is 1140. The summed E-state index contributed by atoms with van der Waals surface area (Å²) >= 11 is 0. The van der Waals surface area contributed by atoms with Gasteiger partial charge in [0.15, 0.2) is 6.10 Å². The normalized spacial score (nSPS) is 12.2. The summed E-state index contributed by atoms with van der Waals surface area (Å²) in [4.78, 5) is 39.7. The molecule has 0 aliphatic heterocycles. The molecule has 0 saturated heterocycles. The number of aromatic amines is 1. The van der Waals surface area contributed by atoms with E-state index in [2.05, 4.69) is 4.98 Å². The van der Waals surface area contributed by atoms with Gasteiger partial charge in [0, 0.05) is 18.8 Å². The summed E-state index contributed by atoms with van der Waals surface area (Å²) < 4.78 is 8.26. The van der Waals surface area contributed by atoms with Crippen molar-refractivity contribution in [2.24, 2.45) is 0 Å². The van der Waals surface area contributed by atoms with Gasteiger partial charge in [-0.2, -0.15) is 0 Å². The second-order valence-electron chi connectivity index (χ2n) is 6.96. The smallest absolute Gasteiger partial charge is 0.344 e. The topological polar surface area (TPSA) is 106 Å². The van der Waals surface area contributed by atoms with Gasteiger partial charge in [-0.1, -0.05) is 13.8 Å². The van der Waals surface area contributed by atoms with E-state index in [1.54, 1.807) is 34.9 Å². The van der Waals surface area contributed by atoms with Gasteiger partial charge < -0.3 is 14.8 Å². The van der Waals surface area contributed by atoms with Gasteiger partial charge in [0.2, 0.25) is 0 Å². The van der Waals surface area contributed by atoms with E-state index in [0.717, 1.165) is 12.0 Å². The largest absolute Gasteiger partial charge is 0.479 e. The maximum absolute atomic E-state index is 12.8. The van der Waals surface area contributed by atoms with Gasteiger partial charge in [0.1, 0.15) is 11.3 Å². The van der Waals surface area contributed by atoms with Crippen molar-refractivity contribution < 1.29 is 14.6 Å². The first-order chi connectivity index (χ1) is 13.9. The molecule has 0 aliphatic carbocycles. The number of hydrogen-bond acceptors (Lipinski definition) is 4. The Balaban J connectivity index is 2.06. The molecule has 0 bridgehead atoms. The first-order valence-electron chi connectivity index (χ1n) is 9.73. The molecule has 2 heterocycles. The Kier molecular flexibility index (Phi) is 5.91. The highest BCUT2D eigenvalue weighted by atomic mass is 16.5. The van der Waals surface area contributed by atoms with Crippen molar-refractivity contribution in [3.05, 3.63) is 51.2 Å². The molecule has 3 aromatic rings. The van der Waals surface area contributed by atoms with Crippen molar-refractivity contribution in [2.75, 3.05) is 0 Å². The Morgan fingerprint density at radius 2 is 1.72 bits per heavy atom. The Morgan fingerprint density at radius 3 is 2.31 bits per heavy atom. The predicted octanol–water partition coefficient (Wildman–Crippen LogP) is 2.83. The van der Waals surface area contributed by atoms with Gasteiger partial charge in [0.05, 0.1) is 5.52 Å². The minimum Gasteiger partial charge on any atom is -0.479 e. The van der Waals surface area contributed by atoms with Crippen LogP contribution in [0.2, 0.25) is 0 Å². The summed E-state index contributed by atoms with van der Waals surface area (Å²) in [7, 11) is 0. The number of aryl methyl sites for hydroxylation is 1. The fourth-order valence-corrected chi connectivity index (χ4v) is 3.27. The molecule has 1 atom stereocenters. The number of carbonyl (C=O) groups is 1. The van der Waals surface area contributed by atoms with Gasteiger partial charge in [-0.3, -0.25) is 13.9 Å². The van der Waals surface area contributed by atoms with E-state index in [1.807, 2.05) is 13.8 Å². The molecule has 29 heavy (non-hydrogen) atoms. The molecule has 0 radical (unpaired) electrons. The number of aliphatic carboxylic acids is 1. The summed E-state index contributed by atoms with van der Waals surface area (Å²) in [5.74, 6) is -0.602. The highest BCUT2D eigenvalue weighted by Crippen LogP contribution is 2.25. The molecule has 0 fully saturated rings. The highest BCUT2D eigenvalue weighted by molar-refractivity contribution is 5.82. The molecule has 0 aliphatic rings. The van der Waals surface area contributed by atoms with Crippen LogP contribution in [0, 0.1) is 0 Å². The van der Waals surface area contributed by atoms with Crippen LogP contribution in [0.3, 0.4) is 0 Å². The van der Waals surface area contributed by atoms with Crippen molar-refractivity contribution in [3.8, 4) is 17.0 Å². The van der Waals surface area contributed by atoms with Crippen LogP contribution in [0.1, 0.15) is 33.6 Å². The minimum atomic E-state index is -1.04. The molecule has 0 spiro atoms. The molecule has 0 saturated carbocycles. The van der Waals surface area contributed by atoms with Crippen molar-refractivity contribution in [1.29, 1.82) is 0 Å². The van der Waals surface area contributed by atoms with Crippen molar-refractivity contribution in [1.82, 2.24) is 14.1 Å². The molecule has 2 N–H and O–H groups in total. The lowest BCUT2D eigenvalue weighted by molar-refractivity contribution is -0.144. The number of hydrogen-bond donors (Lipinski definition) is 2. The standard InChI is InChI=1S/C21H25N3O5/c1-4-10-23-17-12-16(22-18(17)19(25)24(11-5-2)21(23)28)14-6-8-15(9-7-14)29-13(3)20(26)27/h6-9,12-13,22H,4-5,10-11H2,1-3H3,(H,26,27). The van der Waals surface area contributed by atoms with Gasteiger partial charge in [-0.15, -0.1) is 0 Å². The summed E-state index contributed by atoms with van der Waals surface area (Å²) in [6, 6.07) is 8.71. The number of ether oxygens (including phenoxy) is 1. The Morgan fingerprint density at radius 1 is 1.10 bits per heavy atom. The number of H-pyrrole nitrogens is 1. The maximum atomic E-state index is 12.8. The van der Waals surface area contributed by atoms with Gasteiger partial charge >= 0.3 is 11.7 Å². The van der Waals surface area contributed by atoms with Crippen molar-refractivity contribution in [3.63, 3.8) is 0 Å². The Labute approximate surface area is 167 Å². The zero-order chi connectivity index (χ0) is 21.1. The quantitative estimate of drug-likeness (QED) is 0.606. The molecule has 2 aromatic heterocycles. The van der Waals surface area contributed by atoms with Crippen molar-refractivity contribution >= 4 is 17.0 Å². The average Bonchev–Trinajstić information content (AvgIpc) is 3.14. The lowest BCUT2D eigenvalue weighted by Gasteiger charge is -2.10. The number of carboxylic acid groups (broad SMARTS) is 1. The van der Waals surface area contributed by atoms with Crippen LogP contribution in [0.25, 0.3) is 22.3 Å². The number of carboxylic acids is 1. The predicted molar refractivity (Wildman–Crippen MR) is 111 cm³/mol. The summed E-state index contributed by atoms with van der Waals surface area (Å²) in [5, 5.41) is 8.95. The van der Waals surface area contributed by atoms with Gasteiger partial charge in [0.25, 0.3) is 5.56 Å². The molecule has 8 heteroatoms. The molecule has 154 valence electrons. The van der Waals surface area contributed by atoms with Crippen LogP contribution in [-0.4, -0.2) is 31.3 Å². The van der Waals surface area contributed by atoms with Crippen LogP contribution >= 0.6 is 0 Å². The van der Waals surface area contributed by atoms with E-state index in [-0.39, 0.29) is 11.2 Å². The fourth-order valence-electron chi connectivity index (χ4n) is 3.27. The maximum Gasteiger partial charge on any atom is 0.344 e. The number of benzene rings is 1. The second-order valence-corrected chi connectivity index (χ2v) is 6.96. The third-order valence-electron chi connectivity index (χ3n) is 4.73. The minimum absolute atomic E-state index is 0.289. The molecular weight excluding hydrogens is 374 g/mol. The monoisotopic (exact) mass is 399 g/mol. The van der Waals surface area contributed by atoms with E-state index in [1.165, 1.54) is 11.5 Å². The average molecular weight is 399 g/mol. The molecule has 1 aromatic carbocycles. The van der Waals surface area contributed by atoms with Crippen molar-refractivity contribution in [2.45, 2.75) is 52.8 Å². The molecular formula is C21H25N3O5. The number of nitrogens with zero attached hydrogens (tertiary/aromatic N) is 2. The number of nitrogens with one attached hydrogen (secondary N) is 1. The third-order valence-corrected chi connectivity index (χ3v) is 4.73. The zero-order valence-corrected chi connectivity index (χ0v) is 16.8. The summed E-state index contributed by atoms with van der Waals surface area (Å²) in [6.07, 6.45) is 0.513.